The van der Waals surface area contributed by atoms with E-state index >= 15 is 0 Å². The number of hydrogen-bond acceptors (Lipinski definition) is 3. The van der Waals surface area contributed by atoms with Gasteiger partial charge in [-0.3, -0.25) is 0 Å². The summed E-state index contributed by atoms with van der Waals surface area (Å²) in [5, 5.41) is 17.1. The Hall–Kier alpha value is -1.81. The summed E-state index contributed by atoms with van der Waals surface area (Å²) in [5.41, 5.74) is 3.44. The van der Waals surface area contributed by atoms with Crippen LogP contribution in [0.5, 0.6) is 0 Å². The predicted molar refractivity (Wildman–Crippen MR) is 76.1 cm³/mol. The van der Waals surface area contributed by atoms with Gasteiger partial charge in [0.2, 0.25) is 0 Å². The van der Waals surface area contributed by atoms with Crippen molar-refractivity contribution in [1.82, 2.24) is 9.78 Å². The standard InChI is InChI=1S/C15H19N3O/c1-11-4-2-3-5-13(11)14-8-15-16-9-12(6-7-19)10-18(15)17-14/h2-5,8,12,16,19H,6-7,9-10H2,1H3. The number of benzene rings is 1. The Bertz CT molecular complexity index is 577. The van der Waals surface area contributed by atoms with E-state index in [1.165, 1.54) is 11.1 Å². The molecule has 2 N–H and O–H groups in total. The molecule has 100 valence electrons. The molecule has 4 heteroatoms. The van der Waals surface area contributed by atoms with E-state index in [1.54, 1.807) is 0 Å². The molecule has 2 aromatic rings. The van der Waals surface area contributed by atoms with Gasteiger partial charge >= 0.3 is 0 Å². The smallest absolute Gasteiger partial charge is 0.124 e. The lowest BCUT2D eigenvalue weighted by atomic mass is 10.0. The first-order valence-electron chi connectivity index (χ1n) is 6.76. The van der Waals surface area contributed by atoms with Gasteiger partial charge in [0.05, 0.1) is 5.69 Å². The molecule has 0 aliphatic carbocycles. The van der Waals surface area contributed by atoms with Crippen molar-refractivity contribution in [3.8, 4) is 11.3 Å². The minimum atomic E-state index is 0.244. The molecule has 0 amide bonds. The monoisotopic (exact) mass is 257 g/mol. The van der Waals surface area contributed by atoms with E-state index in [-0.39, 0.29) is 6.61 Å². The number of hydrogen-bond donors (Lipinski definition) is 2. The molecule has 0 radical (unpaired) electrons. The van der Waals surface area contributed by atoms with Crippen LogP contribution in [0.1, 0.15) is 12.0 Å². The first kappa shape index (κ1) is 12.2. The molecule has 1 atom stereocenters. The Labute approximate surface area is 113 Å². The fraction of sp³-hybridized carbons (Fsp3) is 0.400. The molecule has 1 unspecified atom stereocenters. The van der Waals surface area contributed by atoms with Gasteiger partial charge in [0, 0.05) is 31.3 Å². The van der Waals surface area contributed by atoms with Gasteiger partial charge in [0.25, 0.3) is 0 Å². The lowest BCUT2D eigenvalue weighted by Gasteiger charge is -2.23. The second-order valence-corrected chi connectivity index (χ2v) is 5.17. The van der Waals surface area contributed by atoms with Crippen LogP contribution in [0.15, 0.2) is 30.3 Å². The number of aliphatic hydroxyl groups excluding tert-OH is 1. The van der Waals surface area contributed by atoms with Gasteiger partial charge in [-0.05, 0) is 24.8 Å². The topological polar surface area (TPSA) is 50.1 Å². The van der Waals surface area contributed by atoms with Crippen LogP contribution >= 0.6 is 0 Å². The highest BCUT2D eigenvalue weighted by Gasteiger charge is 2.20. The van der Waals surface area contributed by atoms with Crippen molar-refractivity contribution in [2.75, 3.05) is 18.5 Å². The highest BCUT2D eigenvalue weighted by molar-refractivity contribution is 5.66. The van der Waals surface area contributed by atoms with Crippen molar-refractivity contribution in [2.24, 2.45) is 5.92 Å². The highest BCUT2D eigenvalue weighted by atomic mass is 16.3. The fourth-order valence-corrected chi connectivity index (χ4v) is 2.62. The molecule has 3 rings (SSSR count). The van der Waals surface area contributed by atoms with E-state index in [4.69, 9.17) is 5.11 Å². The number of anilines is 1. The predicted octanol–water partition coefficient (Wildman–Crippen LogP) is 2.28. The zero-order valence-electron chi connectivity index (χ0n) is 11.1. The molecule has 2 heterocycles. The van der Waals surface area contributed by atoms with Crippen LogP contribution in [-0.2, 0) is 6.54 Å². The van der Waals surface area contributed by atoms with E-state index in [2.05, 4.69) is 35.5 Å². The number of aliphatic hydroxyl groups is 1. The lowest BCUT2D eigenvalue weighted by Crippen LogP contribution is -2.28. The van der Waals surface area contributed by atoms with Crippen LogP contribution in [0.4, 0.5) is 5.82 Å². The summed E-state index contributed by atoms with van der Waals surface area (Å²) in [6.07, 6.45) is 0.825. The quantitative estimate of drug-likeness (QED) is 0.887. The van der Waals surface area contributed by atoms with Crippen LogP contribution in [0.3, 0.4) is 0 Å². The molecule has 1 aromatic heterocycles. The molecule has 0 fully saturated rings. The van der Waals surface area contributed by atoms with Gasteiger partial charge < -0.3 is 10.4 Å². The third-order valence-corrected chi connectivity index (χ3v) is 3.74. The van der Waals surface area contributed by atoms with Gasteiger partial charge in [-0.25, -0.2) is 4.68 Å². The van der Waals surface area contributed by atoms with Crippen LogP contribution < -0.4 is 5.32 Å². The third-order valence-electron chi connectivity index (χ3n) is 3.74. The van der Waals surface area contributed by atoms with Crippen molar-refractivity contribution in [3.63, 3.8) is 0 Å². The first-order valence-corrected chi connectivity index (χ1v) is 6.76. The van der Waals surface area contributed by atoms with Crippen LogP contribution in [0, 0.1) is 12.8 Å². The normalized spacial score (nSPS) is 17.9. The minimum Gasteiger partial charge on any atom is -0.396 e. The Balaban J connectivity index is 1.90. The Kier molecular flexibility index (Phi) is 3.25. The van der Waals surface area contributed by atoms with Crippen molar-refractivity contribution < 1.29 is 5.11 Å². The van der Waals surface area contributed by atoms with Crippen LogP contribution in [-0.4, -0.2) is 28.0 Å². The summed E-state index contributed by atoms with van der Waals surface area (Å²) in [6.45, 7) is 4.15. The van der Waals surface area contributed by atoms with Crippen molar-refractivity contribution in [2.45, 2.75) is 19.9 Å². The number of rotatable bonds is 3. The molecule has 0 spiro atoms. The summed E-state index contributed by atoms with van der Waals surface area (Å²) in [6, 6.07) is 10.4. The number of aryl methyl sites for hydroxylation is 1. The molecule has 1 aliphatic heterocycles. The second-order valence-electron chi connectivity index (χ2n) is 5.17. The Morgan fingerprint density at radius 2 is 2.26 bits per heavy atom. The lowest BCUT2D eigenvalue weighted by molar-refractivity contribution is 0.244. The maximum atomic E-state index is 9.03. The summed E-state index contributed by atoms with van der Waals surface area (Å²) in [5.74, 6) is 1.54. The molecule has 0 bridgehead atoms. The zero-order valence-corrected chi connectivity index (χ0v) is 11.1. The molecule has 0 saturated heterocycles. The first-order chi connectivity index (χ1) is 9.28. The summed E-state index contributed by atoms with van der Waals surface area (Å²) >= 11 is 0. The van der Waals surface area contributed by atoms with E-state index in [9.17, 15) is 0 Å². The van der Waals surface area contributed by atoms with Crippen LogP contribution in [0.25, 0.3) is 11.3 Å². The molecule has 4 nitrogen and oxygen atoms in total. The average Bonchev–Trinajstić information content (AvgIpc) is 2.82. The van der Waals surface area contributed by atoms with E-state index in [1.807, 2.05) is 16.8 Å². The van der Waals surface area contributed by atoms with Gasteiger partial charge in [-0.2, -0.15) is 5.10 Å². The van der Waals surface area contributed by atoms with Crippen LogP contribution in [0.2, 0.25) is 0 Å². The Morgan fingerprint density at radius 3 is 3.05 bits per heavy atom. The number of fused-ring (bicyclic) bond motifs is 1. The number of nitrogens with zero attached hydrogens (tertiary/aromatic N) is 2. The molecular weight excluding hydrogens is 238 g/mol. The third kappa shape index (κ3) is 2.36. The maximum absolute atomic E-state index is 9.03. The largest absolute Gasteiger partial charge is 0.396 e. The maximum Gasteiger partial charge on any atom is 0.124 e. The highest BCUT2D eigenvalue weighted by Crippen LogP contribution is 2.27. The van der Waals surface area contributed by atoms with Crippen molar-refractivity contribution >= 4 is 5.82 Å². The van der Waals surface area contributed by atoms with Crippen molar-refractivity contribution in [1.29, 1.82) is 0 Å². The minimum absolute atomic E-state index is 0.244. The van der Waals surface area contributed by atoms with Gasteiger partial charge in [-0.1, -0.05) is 24.3 Å². The zero-order chi connectivity index (χ0) is 13.2. The van der Waals surface area contributed by atoms with Gasteiger partial charge in [0.15, 0.2) is 0 Å². The van der Waals surface area contributed by atoms with Gasteiger partial charge in [0.1, 0.15) is 5.82 Å². The summed E-state index contributed by atoms with van der Waals surface area (Å²) < 4.78 is 2.02. The molecule has 1 aromatic carbocycles. The molecular formula is C15H19N3O. The Morgan fingerprint density at radius 1 is 1.42 bits per heavy atom. The number of nitrogens with one attached hydrogen (secondary N) is 1. The van der Waals surface area contributed by atoms with E-state index < -0.39 is 0 Å². The summed E-state index contributed by atoms with van der Waals surface area (Å²) in [4.78, 5) is 0. The summed E-state index contributed by atoms with van der Waals surface area (Å²) in [7, 11) is 0. The van der Waals surface area contributed by atoms with E-state index in [0.717, 1.165) is 31.0 Å². The molecule has 0 saturated carbocycles. The second kappa shape index (κ2) is 5.05. The average molecular weight is 257 g/mol. The van der Waals surface area contributed by atoms with Gasteiger partial charge in [-0.15, -0.1) is 0 Å². The fourth-order valence-electron chi connectivity index (χ4n) is 2.62. The number of aromatic nitrogens is 2. The molecule has 19 heavy (non-hydrogen) atoms. The van der Waals surface area contributed by atoms with Crippen molar-refractivity contribution in [3.05, 3.63) is 35.9 Å². The SMILES string of the molecule is Cc1ccccc1-c1cc2n(n1)CC(CCO)CN2. The van der Waals surface area contributed by atoms with E-state index in [0.29, 0.717) is 5.92 Å². The molecule has 1 aliphatic rings.